The fraction of sp³-hybridized carbons (Fsp3) is 0.438. The van der Waals surface area contributed by atoms with Gasteiger partial charge in [0.15, 0.2) is 5.69 Å². The number of hydrogen-bond donors (Lipinski definition) is 1. The zero-order valence-electron chi connectivity index (χ0n) is 13.1. The van der Waals surface area contributed by atoms with Crippen LogP contribution in [0.3, 0.4) is 0 Å². The highest BCUT2D eigenvalue weighted by atomic mass is 35.5. The predicted molar refractivity (Wildman–Crippen MR) is 90.9 cm³/mol. The number of amides is 1. The third kappa shape index (κ3) is 3.71. The van der Waals surface area contributed by atoms with Crippen LogP contribution >= 0.6 is 12.4 Å². The van der Waals surface area contributed by atoms with Crippen molar-refractivity contribution >= 4 is 18.3 Å². The van der Waals surface area contributed by atoms with Gasteiger partial charge in [-0.05, 0) is 30.9 Å². The maximum Gasteiger partial charge on any atom is 0.276 e. The molecule has 1 aromatic carbocycles. The van der Waals surface area contributed by atoms with Gasteiger partial charge in [0.2, 0.25) is 0 Å². The number of rotatable bonds is 3. The quantitative estimate of drug-likeness (QED) is 0.929. The summed E-state index contributed by atoms with van der Waals surface area (Å²) in [5, 5.41) is 8.09. The second kappa shape index (κ2) is 7.57. The van der Waals surface area contributed by atoms with Gasteiger partial charge in [0.25, 0.3) is 5.91 Å². The number of benzene rings is 1. The first-order valence-electron chi connectivity index (χ1n) is 7.68. The second-order valence-corrected chi connectivity index (χ2v) is 5.90. The van der Waals surface area contributed by atoms with Crippen molar-refractivity contribution in [2.75, 3.05) is 13.1 Å². The van der Waals surface area contributed by atoms with Gasteiger partial charge in [-0.2, -0.15) is 0 Å². The van der Waals surface area contributed by atoms with Crippen LogP contribution in [0.5, 0.6) is 0 Å². The molecule has 0 bridgehead atoms. The van der Waals surface area contributed by atoms with Gasteiger partial charge in [0.05, 0.1) is 11.9 Å². The molecule has 124 valence electrons. The van der Waals surface area contributed by atoms with Crippen LogP contribution in [0.2, 0.25) is 0 Å². The molecular formula is C16H22ClN5O. The summed E-state index contributed by atoms with van der Waals surface area (Å²) < 4.78 is 1.62. The molecule has 0 saturated carbocycles. The van der Waals surface area contributed by atoms with Gasteiger partial charge in [0.1, 0.15) is 0 Å². The molecule has 7 heteroatoms. The zero-order valence-corrected chi connectivity index (χ0v) is 13.9. The highest BCUT2D eigenvalue weighted by Gasteiger charge is 2.30. The van der Waals surface area contributed by atoms with Crippen molar-refractivity contribution in [3.05, 3.63) is 42.2 Å². The molecule has 2 unspecified atom stereocenters. The van der Waals surface area contributed by atoms with E-state index < -0.39 is 0 Å². The smallest absolute Gasteiger partial charge is 0.276 e. The zero-order chi connectivity index (χ0) is 15.5. The van der Waals surface area contributed by atoms with E-state index in [0.717, 1.165) is 25.1 Å². The molecule has 6 nitrogen and oxygen atoms in total. The van der Waals surface area contributed by atoms with Crippen LogP contribution in [0.25, 0.3) is 5.69 Å². The third-order valence-corrected chi connectivity index (χ3v) is 4.24. The summed E-state index contributed by atoms with van der Waals surface area (Å²) in [6.45, 7) is 3.43. The van der Waals surface area contributed by atoms with Crippen molar-refractivity contribution in [2.24, 2.45) is 11.7 Å². The Morgan fingerprint density at radius 1 is 1.35 bits per heavy atom. The van der Waals surface area contributed by atoms with Crippen LogP contribution in [-0.2, 0) is 0 Å². The first-order chi connectivity index (χ1) is 10.7. The SMILES string of the molecule is CC1CCN(C(=O)c2cn(-c3ccccc3)nn2)C(CN)C1.Cl. The summed E-state index contributed by atoms with van der Waals surface area (Å²) in [5.74, 6) is 0.530. The lowest BCUT2D eigenvalue weighted by molar-refractivity contribution is 0.0567. The molecule has 0 spiro atoms. The molecule has 1 fully saturated rings. The number of hydrogen-bond acceptors (Lipinski definition) is 4. The molecule has 0 aliphatic carbocycles. The van der Waals surface area contributed by atoms with Gasteiger partial charge in [0, 0.05) is 19.1 Å². The maximum absolute atomic E-state index is 12.7. The second-order valence-electron chi connectivity index (χ2n) is 5.90. The monoisotopic (exact) mass is 335 g/mol. The number of para-hydroxylation sites is 1. The minimum absolute atomic E-state index is 0. The molecule has 23 heavy (non-hydrogen) atoms. The minimum Gasteiger partial charge on any atom is -0.333 e. The van der Waals surface area contributed by atoms with Crippen LogP contribution < -0.4 is 5.73 Å². The number of carbonyl (C=O) groups excluding carboxylic acids is 1. The lowest BCUT2D eigenvalue weighted by atomic mass is 9.92. The van der Waals surface area contributed by atoms with E-state index in [1.165, 1.54) is 0 Å². The average molecular weight is 336 g/mol. The minimum atomic E-state index is -0.0791. The van der Waals surface area contributed by atoms with Gasteiger partial charge in [-0.15, -0.1) is 17.5 Å². The maximum atomic E-state index is 12.7. The normalized spacial score (nSPS) is 20.9. The largest absolute Gasteiger partial charge is 0.333 e. The summed E-state index contributed by atoms with van der Waals surface area (Å²) in [7, 11) is 0. The van der Waals surface area contributed by atoms with E-state index in [0.29, 0.717) is 18.2 Å². The Morgan fingerprint density at radius 3 is 2.78 bits per heavy atom. The molecule has 1 aromatic heterocycles. The van der Waals surface area contributed by atoms with Gasteiger partial charge in [-0.3, -0.25) is 4.79 Å². The van der Waals surface area contributed by atoms with Gasteiger partial charge >= 0.3 is 0 Å². The first-order valence-corrected chi connectivity index (χ1v) is 7.68. The number of halogens is 1. The van der Waals surface area contributed by atoms with Crippen LogP contribution in [0, 0.1) is 5.92 Å². The molecule has 0 radical (unpaired) electrons. The Kier molecular flexibility index (Phi) is 5.74. The van der Waals surface area contributed by atoms with Crippen LogP contribution in [0.4, 0.5) is 0 Å². The summed E-state index contributed by atoms with van der Waals surface area (Å²) in [6.07, 6.45) is 3.65. The standard InChI is InChI=1S/C16H21N5O.ClH/c1-12-7-8-20(14(9-12)10-17)16(22)15-11-21(19-18-15)13-5-3-2-4-6-13;/h2-6,11-12,14H,7-10,17H2,1H3;1H. The third-order valence-electron chi connectivity index (χ3n) is 4.24. The first kappa shape index (κ1) is 17.4. The predicted octanol–water partition coefficient (Wildman–Crippen LogP) is 1.89. The lowest BCUT2D eigenvalue weighted by Gasteiger charge is -2.37. The Bertz CT molecular complexity index is 645. The van der Waals surface area contributed by atoms with Crippen molar-refractivity contribution in [1.29, 1.82) is 0 Å². The number of nitrogens with zero attached hydrogens (tertiary/aromatic N) is 4. The summed E-state index contributed by atoms with van der Waals surface area (Å²) in [6, 6.07) is 9.73. The van der Waals surface area contributed by atoms with Crippen LogP contribution in [0.1, 0.15) is 30.3 Å². The highest BCUT2D eigenvalue weighted by molar-refractivity contribution is 5.92. The topological polar surface area (TPSA) is 77.0 Å². The van der Waals surface area contributed by atoms with Crippen molar-refractivity contribution in [1.82, 2.24) is 19.9 Å². The summed E-state index contributed by atoms with van der Waals surface area (Å²) >= 11 is 0. The van der Waals surface area contributed by atoms with E-state index in [4.69, 9.17) is 5.73 Å². The average Bonchev–Trinajstić information content (AvgIpc) is 3.05. The fourth-order valence-electron chi connectivity index (χ4n) is 2.96. The van der Waals surface area contributed by atoms with Gasteiger partial charge in [-0.1, -0.05) is 30.3 Å². The molecule has 1 saturated heterocycles. The van der Waals surface area contributed by atoms with Crippen molar-refractivity contribution in [2.45, 2.75) is 25.8 Å². The van der Waals surface area contributed by atoms with E-state index in [2.05, 4.69) is 17.2 Å². The molecule has 1 aliphatic rings. The highest BCUT2D eigenvalue weighted by Crippen LogP contribution is 2.23. The molecule has 1 amide bonds. The number of aromatic nitrogens is 3. The van der Waals surface area contributed by atoms with Crippen molar-refractivity contribution in [3.63, 3.8) is 0 Å². The molecule has 1 aliphatic heterocycles. The molecule has 2 aromatic rings. The molecule has 3 rings (SSSR count). The van der Waals surface area contributed by atoms with Crippen LogP contribution in [0.15, 0.2) is 36.5 Å². The van der Waals surface area contributed by atoms with Crippen LogP contribution in [-0.4, -0.2) is 44.9 Å². The molecular weight excluding hydrogens is 314 g/mol. The van der Waals surface area contributed by atoms with Gasteiger partial charge < -0.3 is 10.6 Å². The Morgan fingerprint density at radius 2 is 2.09 bits per heavy atom. The van der Waals surface area contributed by atoms with E-state index in [-0.39, 0.29) is 24.4 Å². The number of likely N-dealkylation sites (tertiary alicyclic amines) is 1. The van der Waals surface area contributed by atoms with E-state index in [9.17, 15) is 4.79 Å². The Balaban J connectivity index is 0.00000192. The Labute approximate surface area is 142 Å². The summed E-state index contributed by atoms with van der Waals surface area (Å²) in [4.78, 5) is 14.5. The molecule has 2 heterocycles. The number of carbonyl (C=O) groups is 1. The lowest BCUT2D eigenvalue weighted by Crippen LogP contribution is -2.49. The van der Waals surface area contributed by atoms with E-state index in [1.807, 2.05) is 35.2 Å². The number of piperidine rings is 1. The van der Waals surface area contributed by atoms with Crippen molar-refractivity contribution in [3.8, 4) is 5.69 Å². The van der Waals surface area contributed by atoms with E-state index >= 15 is 0 Å². The summed E-state index contributed by atoms with van der Waals surface area (Å²) in [5.41, 5.74) is 7.09. The molecule has 2 atom stereocenters. The number of nitrogens with two attached hydrogens (primary N) is 1. The van der Waals surface area contributed by atoms with E-state index in [1.54, 1.807) is 10.9 Å². The van der Waals surface area contributed by atoms with Crippen molar-refractivity contribution < 1.29 is 4.79 Å². The fourth-order valence-corrected chi connectivity index (χ4v) is 2.96. The molecule has 2 N–H and O–H groups in total. The Hall–Kier alpha value is -1.92. The van der Waals surface area contributed by atoms with Gasteiger partial charge in [-0.25, -0.2) is 4.68 Å².